The van der Waals surface area contributed by atoms with Crippen molar-refractivity contribution in [2.24, 2.45) is 0 Å². The van der Waals surface area contributed by atoms with E-state index in [9.17, 15) is 0 Å². The van der Waals surface area contributed by atoms with Crippen molar-refractivity contribution in [3.05, 3.63) is 58.6 Å². The van der Waals surface area contributed by atoms with Gasteiger partial charge in [0.05, 0.1) is 0 Å². The van der Waals surface area contributed by atoms with Gasteiger partial charge in [-0.05, 0) is 33.7 Å². The van der Waals surface area contributed by atoms with Gasteiger partial charge in [0.15, 0.2) is 0 Å². The Morgan fingerprint density at radius 3 is 2.22 bits per heavy atom. The Balaban J connectivity index is 2.49. The highest BCUT2D eigenvalue weighted by molar-refractivity contribution is 6.42. The molecule has 4 rings (SSSR count). The fourth-order valence-corrected chi connectivity index (χ4v) is 3.24. The molecule has 0 aromatic heterocycles. The minimum absolute atomic E-state index is 0.789. The predicted molar refractivity (Wildman–Crippen MR) is 80.2 cm³/mol. The molecule has 0 atom stereocenters. The summed E-state index contributed by atoms with van der Waals surface area (Å²) in [5.41, 5.74) is 0. The third kappa shape index (κ3) is 1.22. The Labute approximate surface area is 114 Å². The van der Waals surface area contributed by atoms with Crippen molar-refractivity contribution in [3.63, 3.8) is 0 Å². The highest BCUT2D eigenvalue weighted by Crippen LogP contribution is 2.40. The summed E-state index contributed by atoms with van der Waals surface area (Å²) in [6.07, 6.45) is 0. The molecule has 4 aromatic carbocycles. The Hall–Kier alpha value is -1.50. The lowest BCUT2D eigenvalue weighted by atomic mass is 9.94. The number of hydrogen-bond donors (Lipinski definition) is 0. The van der Waals surface area contributed by atoms with E-state index in [2.05, 4.69) is 24.3 Å². The average molecular weight is 271 g/mol. The Bertz CT molecular complexity index is 888. The van der Waals surface area contributed by atoms with Crippen LogP contribution in [0.2, 0.25) is 10.0 Å². The van der Waals surface area contributed by atoms with Crippen LogP contribution in [-0.4, -0.2) is 0 Å². The first-order valence-electron chi connectivity index (χ1n) is 5.77. The van der Waals surface area contributed by atoms with E-state index >= 15 is 0 Å². The highest BCUT2D eigenvalue weighted by atomic mass is 35.5. The summed E-state index contributed by atoms with van der Waals surface area (Å²) in [5.74, 6) is 0. The lowest BCUT2D eigenvalue weighted by Crippen LogP contribution is -1.85. The van der Waals surface area contributed by atoms with Gasteiger partial charge in [0, 0.05) is 20.8 Å². The topological polar surface area (TPSA) is 0 Å². The second kappa shape index (κ2) is 3.50. The molecule has 0 aliphatic rings. The molecule has 0 saturated carbocycles. The van der Waals surface area contributed by atoms with Crippen molar-refractivity contribution in [1.29, 1.82) is 0 Å². The summed E-state index contributed by atoms with van der Waals surface area (Å²) in [4.78, 5) is 0. The molecule has 0 aliphatic carbocycles. The SMILES string of the molecule is Clc1cc2ccc(Cl)c3ccc4cccc1c4c23. The molecule has 0 bridgehead atoms. The first-order chi connectivity index (χ1) is 8.75. The molecule has 0 saturated heterocycles. The molecule has 4 aromatic rings. The zero-order valence-corrected chi connectivity index (χ0v) is 10.9. The summed E-state index contributed by atoms with van der Waals surface area (Å²) in [5, 5.41) is 8.53. The molecule has 2 heteroatoms. The van der Waals surface area contributed by atoms with Crippen LogP contribution in [0.5, 0.6) is 0 Å². The molecule has 0 nitrogen and oxygen atoms in total. The smallest absolute Gasteiger partial charge is 0.0491 e. The van der Waals surface area contributed by atoms with Gasteiger partial charge in [-0.25, -0.2) is 0 Å². The number of benzene rings is 4. The molecule has 0 N–H and O–H groups in total. The van der Waals surface area contributed by atoms with E-state index in [1.54, 1.807) is 0 Å². The van der Waals surface area contributed by atoms with Crippen molar-refractivity contribution in [1.82, 2.24) is 0 Å². The first-order valence-corrected chi connectivity index (χ1v) is 6.53. The van der Waals surface area contributed by atoms with Gasteiger partial charge in [-0.1, -0.05) is 59.6 Å². The molecule has 0 fully saturated rings. The molecule has 0 aliphatic heterocycles. The number of hydrogen-bond acceptors (Lipinski definition) is 0. The second-order valence-corrected chi connectivity index (χ2v) is 5.34. The minimum atomic E-state index is 0.789. The van der Waals surface area contributed by atoms with E-state index < -0.39 is 0 Å². The van der Waals surface area contributed by atoms with Crippen molar-refractivity contribution < 1.29 is 0 Å². The van der Waals surface area contributed by atoms with E-state index in [1.807, 2.05) is 24.3 Å². The molecule has 0 spiro atoms. The Kier molecular flexibility index (Phi) is 2.03. The zero-order chi connectivity index (χ0) is 12.3. The van der Waals surface area contributed by atoms with Gasteiger partial charge in [-0.2, -0.15) is 0 Å². The van der Waals surface area contributed by atoms with E-state index in [0.29, 0.717) is 0 Å². The molecule has 0 radical (unpaired) electrons. The van der Waals surface area contributed by atoms with Gasteiger partial charge in [0.25, 0.3) is 0 Å². The average Bonchev–Trinajstić information content (AvgIpc) is 2.40. The van der Waals surface area contributed by atoms with E-state index in [1.165, 1.54) is 16.2 Å². The normalized spacial score (nSPS) is 11.9. The summed E-state index contributed by atoms with van der Waals surface area (Å²) in [6.45, 7) is 0. The Morgan fingerprint density at radius 2 is 1.33 bits per heavy atom. The largest absolute Gasteiger partial charge is 0.0837 e. The highest BCUT2D eigenvalue weighted by Gasteiger charge is 2.11. The van der Waals surface area contributed by atoms with Crippen LogP contribution < -0.4 is 0 Å². The maximum Gasteiger partial charge on any atom is 0.0491 e. The first kappa shape index (κ1) is 10.4. The molecule has 18 heavy (non-hydrogen) atoms. The van der Waals surface area contributed by atoms with E-state index in [-0.39, 0.29) is 0 Å². The second-order valence-electron chi connectivity index (χ2n) is 4.52. The molecule has 0 heterocycles. The van der Waals surface area contributed by atoms with Crippen molar-refractivity contribution >= 4 is 55.5 Å². The molecular formula is C16H8Cl2. The van der Waals surface area contributed by atoms with Crippen molar-refractivity contribution in [2.45, 2.75) is 0 Å². The fourth-order valence-electron chi connectivity index (χ4n) is 2.75. The van der Waals surface area contributed by atoms with Gasteiger partial charge in [-0.3, -0.25) is 0 Å². The molecule has 86 valence electrons. The maximum atomic E-state index is 6.37. The molecular weight excluding hydrogens is 263 g/mol. The fraction of sp³-hybridized carbons (Fsp3) is 0. The standard InChI is InChI=1S/C16H8Cl2/c17-13-7-5-10-8-14(18)11-3-1-2-9-4-6-12(13)16(10)15(9)11/h1-8H. The quantitative estimate of drug-likeness (QED) is 0.350. The van der Waals surface area contributed by atoms with Crippen LogP contribution in [0.1, 0.15) is 0 Å². The van der Waals surface area contributed by atoms with Crippen LogP contribution in [0.25, 0.3) is 32.3 Å². The van der Waals surface area contributed by atoms with Crippen LogP contribution in [0.3, 0.4) is 0 Å². The maximum absolute atomic E-state index is 6.37. The predicted octanol–water partition coefficient (Wildman–Crippen LogP) is 5.89. The van der Waals surface area contributed by atoms with Gasteiger partial charge < -0.3 is 0 Å². The van der Waals surface area contributed by atoms with Gasteiger partial charge in [0.1, 0.15) is 0 Å². The van der Waals surface area contributed by atoms with Crippen LogP contribution >= 0.6 is 23.2 Å². The third-order valence-electron chi connectivity index (χ3n) is 3.54. The monoisotopic (exact) mass is 270 g/mol. The summed E-state index contributed by atoms with van der Waals surface area (Å²) in [6, 6.07) is 16.4. The summed E-state index contributed by atoms with van der Waals surface area (Å²) >= 11 is 12.7. The lowest BCUT2D eigenvalue weighted by Gasteiger charge is -2.12. The Morgan fingerprint density at radius 1 is 0.611 bits per heavy atom. The molecule has 0 amide bonds. The van der Waals surface area contributed by atoms with Gasteiger partial charge in [-0.15, -0.1) is 0 Å². The molecule has 0 unspecified atom stereocenters. The van der Waals surface area contributed by atoms with Crippen molar-refractivity contribution in [3.8, 4) is 0 Å². The van der Waals surface area contributed by atoms with Gasteiger partial charge in [0.2, 0.25) is 0 Å². The van der Waals surface area contributed by atoms with Crippen molar-refractivity contribution in [2.75, 3.05) is 0 Å². The van der Waals surface area contributed by atoms with E-state index in [0.717, 1.165) is 26.2 Å². The van der Waals surface area contributed by atoms with Crippen LogP contribution in [0.15, 0.2) is 48.5 Å². The van der Waals surface area contributed by atoms with Crippen LogP contribution in [-0.2, 0) is 0 Å². The lowest BCUT2D eigenvalue weighted by molar-refractivity contribution is 1.78. The minimum Gasteiger partial charge on any atom is -0.0837 e. The van der Waals surface area contributed by atoms with E-state index in [4.69, 9.17) is 23.2 Å². The summed E-state index contributed by atoms with van der Waals surface area (Å²) < 4.78 is 0. The number of rotatable bonds is 0. The van der Waals surface area contributed by atoms with Crippen LogP contribution in [0, 0.1) is 0 Å². The zero-order valence-electron chi connectivity index (χ0n) is 9.37. The summed E-state index contributed by atoms with van der Waals surface area (Å²) in [7, 11) is 0. The third-order valence-corrected chi connectivity index (χ3v) is 4.18. The number of halogens is 2. The van der Waals surface area contributed by atoms with Gasteiger partial charge >= 0.3 is 0 Å². The van der Waals surface area contributed by atoms with Crippen LogP contribution in [0.4, 0.5) is 0 Å².